The van der Waals surface area contributed by atoms with Gasteiger partial charge in [0.05, 0.1) is 41.9 Å². The van der Waals surface area contributed by atoms with Crippen LogP contribution in [0.25, 0.3) is 16.8 Å². The number of carbonyl (C=O) groups excluding carboxylic acids is 1. The van der Waals surface area contributed by atoms with Gasteiger partial charge in [0, 0.05) is 36.4 Å². The fourth-order valence-corrected chi connectivity index (χ4v) is 5.51. The maximum Gasteiger partial charge on any atom is 0.435 e. The number of rotatable bonds is 5. The van der Waals surface area contributed by atoms with E-state index in [2.05, 4.69) is 21.0 Å². The van der Waals surface area contributed by atoms with E-state index in [1.165, 1.54) is 12.3 Å². The van der Waals surface area contributed by atoms with Crippen LogP contribution in [-0.2, 0) is 10.9 Å². The molecule has 1 aromatic heterocycles. The van der Waals surface area contributed by atoms with Crippen LogP contribution in [0, 0.1) is 11.3 Å². The zero-order valence-corrected chi connectivity index (χ0v) is 21.7. The topological polar surface area (TPSA) is 100 Å². The quantitative estimate of drug-likeness (QED) is 0.481. The van der Waals surface area contributed by atoms with Crippen molar-refractivity contribution in [2.45, 2.75) is 31.6 Å². The molecule has 0 radical (unpaired) electrons. The van der Waals surface area contributed by atoms with Crippen molar-refractivity contribution >= 4 is 23.2 Å². The molecule has 8 nitrogen and oxygen atoms in total. The van der Waals surface area contributed by atoms with Gasteiger partial charge in [-0.05, 0) is 49.1 Å². The van der Waals surface area contributed by atoms with Crippen LogP contribution in [0.2, 0.25) is 5.02 Å². The molecule has 2 aliphatic rings. The highest BCUT2D eigenvalue weighted by atomic mass is 35.5. The molecule has 12 heteroatoms. The summed E-state index contributed by atoms with van der Waals surface area (Å²) in [7, 11) is 0. The molecule has 2 N–H and O–H groups in total. The van der Waals surface area contributed by atoms with Crippen molar-refractivity contribution in [1.29, 1.82) is 5.26 Å². The molecule has 1 atom stereocenters. The minimum Gasteiger partial charge on any atom is -0.379 e. The van der Waals surface area contributed by atoms with Gasteiger partial charge in [-0.2, -0.15) is 23.5 Å². The molecule has 204 valence electrons. The van der Waals surface area contributed by atoms with Crippen LogP contribution >= 0.6 is 11.6 Å². The number of benzene rings is 2. The lowest BCUT2D eigenvalue weighted by atomic mass is 9.90. The highest BCUT2D eigenvalue weighted by Crippen LogP contribution is 2.42. The van der Waals surface area contributed by atoms with Crippen LogP contribution in [0.3, 0.4) is 0 Å². The Morgan fingerprint density at radius 3 is 2.46 bits per heavy atom. The van der Waals surface area contributed by atoms with E-state index in [4.69, 9.17) is 22.1 Å². The second kappa shape index (κ2) is 10.9. The lowest BCUT2D eigenvalue weighted by molar-refractivity contribution is -0.141. The number of hydrogen-bond donors (Lipinski definition) is 1. The fourth-order valence-electron chi connectivity index (χ4n) is 5.38. The summed E-state index contributed by atoms with van der Waals surface area (Å²) in [5, 5.41) is 14.8. The van der Waals surface area contributed by atoms with E-state index in [0.717, 1.165) is 30.0 Å². The summed E-state index contributed by atoms with van der Waals surface area (Å²) in [5.41, 5.74) is 6.24. The Hall–Kier alpha value is -3.59. The minimum atomic E-state index is -4.67. The predicted octanol–water partition coefficient (Wildman–Crippen LogP) is 4.83. The molecule has 2 fully saturated rings. The summed E-state index contributed by atoms with van der Waals surface area (Å²) in [6.07, 6.45) is -1.02. The smallest absolute Gasteiger partial charge is 0.379 e. The monoisotopic (exact) mass is 558 g/mol. The van der Waals surface area contributed by atoms with Crippen molar-refractivity contribution in [3.8, 4) is 22.9 Å². The molecule has 0 bridgehead atoms. The van der Waals surface area contributed by atoms with Crippen LogP contribution in [0.4, 0.5) is 18.9 Å². The minimum absolute atomic E-state index is 0.00314. The Kier molecular flexibility index (Phi) is 7.53. The molecule has 2 aliphatic heterocycles. The first-order chi connectivity index (χ1) is 18.7. The van der Waals surface area contributed by atoms with Crippen LogP contribution in [-0.4, -0.2) is 59.6 Å². The van der Waals surface area contributed by atoms with Crippen molar-refractivity contribution in [2.75, 3.05) is 37.7 Å². The maximum absolute atomic E-state index is 13.5. The van der Waals surface area contributed by atoms with Crippen molar-refractivity contribution in [3.63, 3.8) is 0 Å². The van der Waals surface area contributed by atoms with Gasteiger partial charge in [0.1, 0.15) is 6.07 Å². The molecule has 0 spiro atoms. The lowest BCUT2D eigenvalue weighted by Crippen LogP contribution is -2.55. The predicted molar refractivity (Wildman–Crippen MR) is 140 cm³/mol. The number of aromatic nitrogens is 2. The highest BCUT2D eigenvalue weighted by Gasteiger charge is 2.37. The highest BCUT2D eigenvalue weighted by molar-refractivity contribution is 6.30. The van der Waals surface area contributed by atoms with E-state index in [1.54, 1.807) is 24.3 Å². The Bertz CT molecular complexity index is 1410. The van der Waals surface area contributed by atoms with Gasteiger partial charge in [-0.15, -0.1) is 0 Å². The Labute approximate surface area is 228 Å². The van der Waals surface area contributed by atoms with Crippen molar-refractivity contribution in [1.82, 2.24) is 14.7 Å². The molecule has 2 aromatic carbocycles. The van der Waals surface area contributed by atoms with Crippen molar-refractivity contribution in [3.05, 3.63) is 64.4 Å². The van der Waals surface area contributed by atoms with Crippen molar-refractivity contribution in [2.24, 2.45) is 5.73 Å². The van der Waals surface area contributed by atoms with E-state index in [0.29, 0.717) is 54.7 Å². The molecule has 3 heterocycles. The van der Waals surface area contributed by atoms with Crippen LogP contribution in [0.15, 0.2) is 42.6 Å². The standard InChI is InChI=1S/C27H26ClF3N6O2/c28-18-6-4-17(5-7-18)24-19(26(33)38)15-21(37-10-8-22(34-37)27(29,30)31)25(20(24)16-32)36-9-2-1-3-23(36)35-11-13-39-14-12-35/h4-8,10,15,23H,1-3,9,11-14H2,(H2,33,38). The molecule has 1 unspecified atom stereocenters. The Morgan fingerprint density at radius 2 is 1.85 bits per heavy atom. The van der Waals surface area contributed by atoms with Gasteiger partial charge in [-0.25, -0.2) is 4.68 Å². The number of carbonyl (C=O) groups is 1. The normalized spacial score (nSPS) is 18.6. The maximum atomic E-state index is 13.5. The van der Waals surface area contributed by atoms with Gasteiger partial charge in [-0.1, -0.05) is 23.7 Å². The van der Waals surface area contributed by atoms with Crippen molar-refractivity contribution < 1.29 is 22.7 Å². The second-order valence-corrected chi connectivity index (χ2v) is 9.92. The number of ether oxygens (including phenoxy) is 1. The molecule has 3 aromatic rings. The first-order valence-corrected chi connectivity index (χ1v) is 13.0. The largest absolute Gasteiger partial charge is 0.435 e. The van der Waals surface area contributed by atoms with E-state index < -0.39 is 17.8 Å². The van der Waals surface area contributed by atoms with E-state index in [1.807, 2.05) is 0 Å². The summed E-state index contributed by atoms with van der Waals surface area (Å²) in [4.78, 5) is 17.0. The van der Waals surface area contributed by atoms with Crippen LogP contribution < -0.4 is 10.6 Å². The molecule has 0 aliphatic carbocycles. The third kappa shape index (κ3) is 5.32. The molecular formula is C27H26ClF3N6O2. The first-order valence-electron chi connectivity index (χ1n) is 12.6. The summed E-state index contributed by atoms with van der Waals surface area (Å²) in [6, 6.07) is 11.2. The second-order valence-electron chi connectivity index (χ2n) is 9.49. The van der Waals surface area contributed by atoms with E-state index in [9.17, 15) is 23.2 Å². The SMILES string of the molecule is N#Cc1c(-c2ccc(Cl)cc2)c(C(N)=O)cc(-n2ccc(C(F)(F)F)n2)c1N1CCCCC1N1CCOCC1. The first kappa shape index (κ1) is 27.0. The van der Waals surface area contributed by atoms with E-state index in [-0.39, 0.29) is 23.0 Å². The zero-order chi connectivity index (χ0) is 27.7. The van der Waals surface area contributed by atoms with Gasteiger partial charge < -0.3 is 15.4 Å². The van der Waals surface area contributed by atoms with Crippen LogP contribution in [0.5, 0.6) is 0 Å². The van der Waals surface area contributed by atoms with Gasteiger partial charge >= 0.3 is 6.18 Å². The summed E-state index contributed by atoms with van der Waals surface area (Å²) >= 11 is 6.09. The van der Waals surface area contributed by atoms with Gasteiger partial charge in [0.15, 0.2) is 5.69 Å². The van der Waals surface area contributed by atoms with Crippen LogP contribution in [0.1, 0.15) is 40.9 Å². The van der Waals surface area contributed by atoms with Gasteiger partial charge in [-0.3, -0.25) is 9.69 Å². The Morgan fingerprint density at radius 1 is 1.13 bits per heavy atom. The third-order valence-corrected chi connectivity index (χ3v) is 7.39. The number of alkyl halides is 3. The number of amides is 1. The summed E-state index contributed by atoms with van der Waals surface area (Å²) in [6.45, 7) is 3.05. The average molecular weight is 559 g/mol. The molecule has 1 amide bonds. The third-order valence-electron chi connectivity index (χ3n) is 7.14. The fraction of sp³-hybridized carbons (Fsp3) is 0.370. The lowest BCUT2D eigenvalue weighted by Gasteiger charge is -2.46. The number of morpholine rings is 1. The van der Waals surface area contributed by atoms with E-state index >= 15 is 0 Å². The molecular weight excluding hydrogens is 533 g/mol. The number of halogens is 4. The number of anilines is 1. The molecule has 0 saturated carbocycles. The number of piperidine rings is 1. The number of hydrogen-bond acceptors (Lipinski definition) is 6. The van der Waals surface area contributed by atoms with Gasteiger partial charge in [0.2, 0.25) is 5.91 Å². The summed E-state index contributed by atoms with van der Waals surface area (Å²) in [5.74, 6) is -0.823. The summed E-state index contributed by atoms with van der Waals surface area (Å²) < 4.78 is 47.1. The zero-order valence-electron chi connectivity index (χ0n) is 20.9. The molecule has 5 rings (SSSR count). The number of nitrogens with two attached hydrogens (primary N) is 1. The molecule has 2 saturated heterocycles. The Balaban J connectivity index is 1.79. The van der Waals surface area contributed by atoms with Gasteiger partial charge in [0.25, 0.3) is 0 Å². The number of nitriles is 1. The number of primary amides is 1. The average Bonchev–Trinajstić information content (AvgIpc) is 3.44. The molecule has 39 heavy (non-hydrogen) atoms. The number of nitrogens with zero attached hydrogens (tertiary/aromatic N) is 5.